The molecule has 1 aliphatic heterocycles. The lowest BCUT2D eigenvalue weighted by atomic mass is 9.67. The molecule has 0 amide bonds. The molecule has 0 saturated heterocycles. The Morgan fingerprint density at radius 1 is 0.420 bits per heavy atom. The summed E-state index contributed by atoms with van der Waals surface area (Å²) in [6.07, 6.45) is 5.65. The molecular weight excluding hydrogens is 843 g/mol. The number of benzene rings is 9. The third-order valence-corrected chi connectivity index (χ3v) is 13.9. The number of hydrogen-bond donors (Lipinski definition) is 0. The van der Waals surface area contributed by atoms with Crippen LogP contribution in [0, 0.1) is 6.92 Å². The average Bonchev–Trinajstić information content (AvgIpc) is 3.73. The number of hydrogen-bond acceptors (Lipinski definition) is 5. The van der Waals surface area contributed by atoms with E-state index in [0.29, 0.717) is 5.75 Å². The maximum absolute atomic E-state index is 6.73. The largest absolute Gasteiger partial charge is 0.449 e. The second-order valence-electron chi connectivity index (χ2n) is 17.8. The van der Waals surface area contributed by atoms with Crippen molar-refractivity contribution in [2.24, 2.45) is 0 Å². The zero-order valence-electron chi connectivity index (χ0n) is 37.8. The maximum Gasteiger partial charge on any atom is 0.178 e. The molecule has 0 spiro atoms. The minimum Gasteiger partial charge on any atom is -0.449 e. The average molecular weight is 886 g/mol. The van der Waals surface area contributed by atoms with Gasteiger partial charge in [-0.15, -0.1) is 0 Å². The molecule has 0 N–H and O–H groups in total. The molecule has 3 heterocycles. The van der Waals surface area contributed by atoms with Gasteiger partial charge in [-0.1, -0.05) is 158 Å². The molecule has 2 aliphatic rings. The fourth-order valence-electron chi connectivity index (χ4n) is 10.7. The summed E-state index contributed by atoms with van der Waals surface area (Å²) in [4.78, 5) is 11.4. The van der Waals surface area contributed by atoms with Crippen molar-refractivity contribution in [2.75, 3.05) is 4.90 Å². The van der Waals surface area contributed by atoms with Crippen molar-refractivity contribution in [3.63, 3.8) is 0 Å². The predicted octanol–water partition coefficient (Wildman–Crippen LogP) is 16.7. The molecule has 326 valence electrons. The van der Waals surface area contributed by atoms with Crippen molar-refractivity contribution in [2.45, 2.75) is 12.3 Å². The Kier molecular flexibility index (Phi) is 9.55. The Morgan fingerprint density at radius 2 is 1.03 bits per heavy atom. The zero-order valence-corrected chi connectivity index (χ0v) is 37.8. The number of pyridine rings is 2. The van der Waals surface area contributed by atoms with Crippen LogP contribution in [0.5, 0.6) is 23.0 Å². The molecule has 9 aromatic carbocycles. The molecule has 5 heteroatoms. The van der Waals surface area contributed by atoms with Crippen LogP contribution in [-0.4, -0.2) is 9.97 Å². The first kappa shape index (κ1) is 40.2. The van der Waals surface area contributed by atoms with Crippen molar-refractivity contribution in [1.82, 2.24) is 9.97 Å². The highest BCUT2D eigenvalue weighted by molar-refractivity contribution is 5.97. The van der Waals surface area contributed by atoms with Crippen LogP contribution in [0.4, 0.5) is 17.1 Å². The van der Waals surface area contributed by atoms with Crippen LogP contribution in [0.3, 0.4) is 0 Å². The molecule has 0 bridgehead atoms. The van der Waals surface area contributed by atoms with Crippen LogP contribution >= 0.6 is 0 Å². The first-order chi connectivity index (χ1) is 34.1. The Balaban J connectivity index is 0.878. The van der Waals surface area contributed by atoms with E-state index >= 15 is 0 Å². The number of aryl methyl sites for hydroxylation is 1. The van der Waals surface area contributed by atoms with Crippen LogP contribution in [0.1, 0.15) is 27.8 Å². The van der Waals surface area contributed by atoms with Gasteiger partial charge in [-0.3, -0.25) is 9.97 Å². The van der Waals surface area contributed by atoms with Gasteiger partial charge in [-0.25, -0.2) is 0 Å². The van der Waals surface area contributed by atoms with Crippen molar-refractivity contribution in [3.05, 3.63) is 271 Å². The van der Waals surface area contributed by atoms with E-state index in [1.165, 1.54) is 33.2 Å². The molecule has 11 aromatic rings. The van der Waals surface area contributed by atoms with E-state index in [4.69, 9.17) is 14.5 Å². The van der Waals surface area contributed by atoms with Gasteiger partial charge < -0.3 is 14.4 Å². The van der Waals surface area contributed by atoms with E-state index in [1.54, 1.807) is 0 Å². The first-order valence-electron chi connectivity index (χ1n) is 23.4. The van der Waals surface area contributed by atoms with Crippen molar-refractivity contribution in [3.8, 4) is 67.6 Å². The monoisotopic (exact) mass is 885 g/mol. The minimum absolute atomic E-state index is 0.601. The van der Waals surface area contributed by atoms with Crippen LogP contribution in [0.2, 0.25) is 0 Å². The summed E-state index contributed by atoms with van der Waals surface area (Å²) in [5.41, 5.74) is 17.3. The first-order valence-corrected chi connectivity index (χ1v) is 23.4. The van der Waals surface area contributed by atoms with Crippen LogP contribution < -0.4 is 14.4 Å². The Hall–Kier alpha value is -9.06. The summed E-state index contributed by atoms with van der Waals surface area (Å²) in [5, 5.41) is 2.31. The molecule has 1 atom stereocenters. The number of rotatable bonds is 8. The highest BCUT2D eigenvalue weighted by atomic mass is 16.6. The summed E-state index contributed by atoms with van der Waals surface area (Å²) in [5.74, 6) is 2.90. The van der Waals surface area contributed by atoms with Gasteiger partial charge in [-0.2, -0.15) is 0 Å². The smallest absolute Gasteiger partial charge is 0.178 e. The van der Waals surface area contributed by atoms with Crippen LogP contribution in [0.25, 0.3) is 55.4 Å². The molecule has 2 aromatic heterocycles. The highest BCUT2D eigenvalue weighted by Crippen LogP contribution is 2.62. The summed E-state index contributed by atoms with van der Waals surface area (Å²) in [6, 6.07) is 80.0. The van der Waals surface area contributed by atoms with Gasteiger partial charge in [-0.05, 0) is 135 Å². The lowest BCUT2D eigenvalue weighted by molar-refractivity contribution is 0.360. The lowest BCUT2D eigenvalue weighted by Gasteiger charge is -2.34. The van der Waals surface area contributed by atoms with E-state index in [9.17, 15) is 0 Å². The Morgan fingerprint density at radius 3 is 1.75 bits per heavy atom. The number of fused-ring (bicyclic) bond motifs is 7. The van der Waals surface area contributed by atoms with Crippen molar-refractivity contribution >= 4 is 27.8 Å². The third kappa shape index (κ3) is 6.62. The maximum atomic E-state index is 6.73. The topological polar surface area (TPSA) is 47.5 Å². The van der Waals surface area contributed by atoms with Gasteiger partial charge in [0.25, 0.3) is 0 Å². The SMILES string of the molecule is Cc1cccnc1-c1ccc(N(c2ccc(-c3ccc(C4(c5ccccc5)c5ccccc5-c5c4ccc4c5Oc5ccccc5O4)cc3)cc2)c2ccc(-c3cccc4cnccc34)cc2)cc1. The quantitative estimate of drug-likeness (QED) is 0.152. The fraction of sp³-hybridized carbons (Fsp3) is 0.0312. The van der Waals surface area contributed by atoms with Gasteiger partial charge in [0.2, 0.25) is 0 Å². The molecule has 0 radical (unpaired) electrons. The van der Waals surface area contributed by atoms with Crippen molar-refractivity contribution in [1.29, 1.82) is 0 Å². The van der Waals surface area contributed by atoms with Gasteiger partial charge in [0.05, 0.1) is 11.1 Å². The summed E-state index contributed by atoms with van der Waals surface area (Å²) in [6.45, 7) is 2.11. The van der Waals surface area contributed by atoms with E-state index in [2.05, 4.69) is 211 Å². The third-order valence-electron chi connectivity index (χ3n) is 13.9. The Bertz CT molecular complexity index is 3710. The summed E-state index contributed by atoms with van der Waals surface area (Å²) >= 11 is 0. The standard InChI is InChI=1S/C64H43N3O2/c1-42-11-10-39-66-62(42)46-26-34-52(35-27-46)67(51-32-24-45(25-33-51)53-16-9-12-47-41-65-40-38-54(47)53)50-30-22-44(23-31-50)43-20-28-49(29-21-43)64(48-13-3-2-4-14-48)56-17-6-5-15-55(56)61-57(64)36-37-60-63(61)69-59-19-8-7-18-58(59)68-60/h2-41H,1H3. The van der Waals surface area contributed by atoms with Gasteiger partial charge >= 0.3 is 0 Å². The lowest BCUT2D eigenvalue weighted by Crippen LogP contribution is -2.28. The van der Waals surface area contributed by atoms with E-state index < -0.39 is 5.41 Å². The van der Waals surface area contributed by atoms with Gasteiger partial charge in [0.15, 0.2) is 23.0 Å². The zero-order chi connectivity index (χ0) is 45.9. The van der Waals surface area contributed by atoms with Gasteiger partial charge in [0.1, 0.15) is 0 Å². The second kappa shape index (κ2) is 16.4. The number of nitrogens with zero attached hydrogens (tertiary/aromatic N) is 3. The number of aromatic nitrogens is 2. The summed E-state index contributed by atoms with van der Waals surface area (Å²) in [7, 11) is 0. The fourth-order valence-corrected chi connectivity index (χ4v) is 10.7. The molecule has 0 saturated carbocycles. The van der Waals surface area contributed by atoms with E-state index in [0.717, 1.165) is 84.3 Å². The number of anilines is 3. The summed E-state index contributed by atoms with van der Waals surface area (Å²) < 4.78 is 13.2. The van der Waals surface area contributed by atoms with Crippen molar-refractivity contribution < 1.29 is 9.47 Å². The second-order valence-corrected chi connectivity index (χ2v) is 17.8. The molecule has 69 heavy (non-hydrogen) atoms. The molecular formula is C64H43N3O2. The van der Waals surface area contributed by atoms with E-state index in [1.807, 2.05) is 48.9 Å². The van der Waals surface area contributed by atoms with Gasteiger partial charge in [0, 0.05) is 52.2 Å². The van der Waals surface area contributed by atoms with Crippen LogP contribution in [-0.2, 0) is 5.41 Å². The highest BCUT2D eigenvalue weighted by Gasteiger charge is 2.48. The Labute approximate surface area is 401 Å². The molecule has 1 aliphatic carbocycles. The molecule has 0 fully saturated rings. The number of ether oxygens (including phenoxy) is 2. The number of para-hydroxylation sites is 2. The molecule has 13 rings (SSSR count). The predicted molar refractivity (Wildman–Crippen MR) is 279 cm³/mol. The molecule has 1 unspecified atom stereocenters. The molecule has 5 nitrogen and oxygen atoms in total. The minimum atomic E-state index is -0.601. The van der Waals surface area contributed by atoms with E-state index in [-0.39, 0.29) is 0 Å². The van der Waals surface area contributed by atoms with Crippen LogP contribution in [0.15, 0.2) is 243 Å². The normalized spacial score (nSPS) is 14.2.